The Hall–Kier alpha value is -3.35. The van der Waals surface area contributed by atoms with Crippen LogP contribution in [-0.4, -0.2) is 48.4 Å². The van der Waals surface area contributed by atoms with Crippen LogP contribution in [0, 0.1) is 0 Å². The summed E-state index contributed by atoms with van der Waals surface area (Å²) >= 11 is 0. The highest BCUT2D eigenvalue weighted by atomic mass is 16.5. The molecule has 0 aliphatic carbocycles. The Morgan fingerprint density at radius 3 is 2.69 bits per heavy atom. The van der Waals surface area contributed by atoms with Gasteiger partial charge < -0.3 is 19.7 Å². The van der Waals surface area contributed by atoms with Crippen molar-refractivity contribution in [1.82, 2.24) is 10.2 Å². The molecule has 1 aliphatic heterocycles. The number of ether oxygens (including phenoxy) is 2. The van der Waals surface area contributed by atoms with Crippen molar-refractivity contribution in [3.63, 3.8) is 0 Å². The van der Waals surface area contributed by atoms with Crippen LogP contribution in [0.1, 0.15) is 29.3 Å². The van der Waals surface area contributed by atoms with E-state index in [2.05, 4.69) is 5.32 Å². The average molecular weight is 396 g/mol. The Kier molecular flexibility index (Phi) is 6.84. The molecule has 7 nitrogen and oxygen atoms in total. The molecular formula is C22H24N2O5. The van der Waals surface area contributed by atoms with E-state index >= 15 is 0 Å². The van der Waals surface area contributed by atoms with Gasteiger partial charge in [-0.25, -0.2) is 0 Å². The molecule has 29 heavy (non-hydrogen) atoms. The maximum absolute atomic E-state index is 13.0. The van der Waals surface area contributed by atoms with Gasteiger partial charge in [0.15, 0.2) is 0 Å². The van der Waals surface area contributed by atoms with E-state index in [0.29, 0.717) is 31.0 Å². The molecular weight excluding hydrogens is 372 g/mol. The summed E-state index contributed by atoms with van der Waals surface area (Å²) in [4.78, 5) is 39.1. The predicted molar refractivity (Wildman–Crippen MR) is 106 cm³/mol. The molecule has 2 aromatic carbocycles. The van der Waals surface area contributed by atoms with Gasteiger partial charge in [-0.1, -0.05) is 36.4 Å². The van der Waals surface area contributed by atoms with Gasteiger partial charge in [-0.15, -0.1) is 0 Å². The summed E-state index contributed by atoms with van der Waals surface area (Å²) in [5, 5.41) is 2.71. The standard InChI is InChI=1S/C22H24N2O5/c1-2-28-18-10-6-9-17(13-18)22(27)24-12-11-23-21(26)19(24)14-20(25)29-15-16-7-4-3-5-8-16/h3-10,13,19H,2,11-12,14-15H2,1H3,(H,23,26). The fourth-order valence-corrected chi connectivity index (χ4v) is 3.17. The zero-order valence-electron chi connectivity index (χ0n) is 16.3. The maximum atomic E-state index is 13.0. The molecule has 1 unspecified atom stereocenters. The Balaban J connectivity index is 1.68. The first-order chi connectivity index (χ1) is 14.1. The number of piperazine rings is 1. The topological polar surface area (TPSA) is 84.9 Å². The van der Waals surface area contributed by atoms with Gasteiger partial charge in [0.2, 0.25) is 5.91 Å². The zero-order chi connectivity index (χ0) is 20.6. The number of esters is 1. The van der Waals surface area contributed by atoms with Crippen LogP contribution in [0.15, 0.2) is 54.6 Å². The van der Waals surface area contributed by atoms with E-state index in [-0.39, 0.29) is 24.8 Å². The number of nitrogens with zero attached hydrogens (tertiary/aromatic N) is 1. The van der Waals surface area contributed by atoms with Crippen molar-refractivity contribution in [3.05, 3.63) is 65.7 Å². The molecule has 2 aromatic rings. The molecule has 152 valence electrons. The number of benzene rings is 2. The summed E-state index contributed by atoms with van der Waals surface area (Å²) in [6, 6.07) is 15.2. The van der Waals surface area contributed by atoms with Crippen LogP contribution >= 0.6 is 0 Å². The van der Waals surface area contributed by atoms with Gasteiger partial charge in [-0.2, -0.15) is 0 Å². The third kappa shape index (κ3) is 5.34. The summed E-state index contributed by atoms with van der Waals surface area (Å²) < 4.78 is 10.7. The largest absolute Gasteiger partial charge is 0.494 e. The first-order valence-electron chi connectivity index (χ1n) is 9.59. The van der Waals surface area contributed by atoms with Crippen molar-refractivity contribution >= 4 is 17.8 Å². The van der Waals surface area contributed by atoms with Gasteiger partial charge in [0.1, 0.15) is 18.4 Å². The Labute approximate surface area is 169 Å². The van der Waals surface area contributed by atoms with Crippen LogP contribution in [0.2, 0.25) is 0 Å². The Morgan fingerprint density at radius 1 is 1.14 bits per heavy atom. The number of nitrogens with one attached hydrogen (secondary N) is 1. The third-order valence-electron chi connectivity index (χ3n) is 4.59. The SMILES string of the molecule is CCOc1cccc(C(=O)N2CCNC(=O)C2CC(=O)OCc2ccccc2)c1. The molecule has 0 radical (unpaired) electrons. The second-order valence-electron chi connectivity index (χ2n) is 6.62. The van der Waals surface area contributed by atoms with Gasteiger partial charge in [0.25, 0.3) is 5.91 Å². The second kappa shape index (κ2) is 9.73. The fourth-order valence-electron chi connectivity index (χ4n) is 3.17. The van der Waals surface area contributed by atoms with Crippen molar-refractivity contribution in [2.45, 2.75) is 26.0 Å². The van der Waals surface area contributed by atoms with Gasteiger partial charge in [-0.3, -0.25) is 14.4 Å². The third-order valence-corrected chi connectivity index (χ3v) is 4.59. The normalized spacial score (nSPS) is 16.1. The number of carbonyl (C=O) groups is 3. The second-order valence-corrected chi connectivity index (χ2v) is 6.62. The molecule has 7 heteroatoms. The lowest BCUT2D eigenvalue weighted by Crippen LogP contribution is -2.57. The van der Waals surface area contributed by atoms with Crippen LogP contribution < -0.4 is 10.1 Å². The lowest BCUT2D eigenvalue weighted by molar-refractivity contribution is -0.148. The minimum atomic E-state index is -0.907. The minimum absolute atomic E-state index is 0.123. The summed E-state index contributed by atoms with van der Waals surface area (Å²) in [5.41, 5.74) is 1.27. The quantitative estimate of drug-likeness (QED) is 0.725. The Morgan fingerprint density at radius 2 is 1.93 bits per heavy atom. The smallest absolute Gasteiger partial charge is 0.308 e. The van der Waals surface area contributed by atoms with Gasteiger partial charge >= 0.3 is 5.97 Å². The van der Waals surface area contributed by atoms with Crippen molar-refractivity contribution in [3.8, 4) is 5.75 Å². The van der Waals surface area contributed by atoms with Gasteiger partial charge in [0, 0.05) is 18.7 Å². The van der Waals surface area contributed by atoms with Crippen molar-refractivity contribution in [2.75, 3.05) is 19.7 Å². The molecule has 3 rings (SSSR count). The number of rotatable bonds is 7. The number of carbonyl (C=O) groups excluding carboxylic acids is 3. The molecule has 2 amide bonds. The number of hydrogen-bond donors (Lipinski definition) is 1. The summed E-state index contributed by atoms with van der Waals surface area (Å²) in [5.74, 6) is -0.625. The average Bonchev–Trinajstić information content (AvgIpc) is 2.74. The van der Waals surface area contributed by atoms with E-state index in [1.54, 1.807) is 24.3 Å². The molecule has 1 fully saturated rings. The van der Waals surface area contributed by atoms with E-state index in [4.69, 9.17) is 9.47 Å². The van der Waals surface area contributed by atoms with Crippen molar-refractivity contribution < 1.29 is 23.9 Å². The first kappa shape index (κ1) is 20.4. The Bertz CT molecular complexity index is 869. The molecule has 1 aliphatic rings. The van der Waals surface area contributed by atoms with Crippen LogP contribution in [-0.2, 0) is 20.9 Å². The lowest BCUT2D eigenvalue weighted by Gasteiger charge is -2.34. The highest BCUT2D eigenvalue weighted by Crippen LogP contribution is 2.19. The molecule has 1 N–H and O–H groups in total. The van der Waals surface area contributed by atoms with Gasteiger partial charge in [-0.05, 0) is 30.7 Å². The van der Waals surface area contributed by atoms with E-state index < -0.39 is 12.0 Å². The van der Waals surface area contributed by atoms with Gasteiger partial charge in [0.05, 0.1) is 13.0 Å². The summed E-state index contributed by atoms with van der Waals surface area (Å²) in [7, 11) is 0. The minimum Gasteiger partial charge on any atom is -0.494 e. The van der Waals surface area contributed by atoms with E-state index in [1.807, 2.05) is 37.3 Å². The lowest BCUT2D eigenvalue weighted by atomic mass is 10.1. The zero-order valence-corrected chi connectivity index (χ0v) is 16.3. The molecule has 0 aromatic heterocycles. The monoisotopic (exact) mass is 396 g/mol. The van der Waals surface area contributed by atoms with Crippen molar-refractivity contribution in [2.24, 2.45) is 0 Å². The summed E-state index contributed by atoms with van der Waals surface area (Å²) in [6.45, 7) is 3.13. The van der Waals surface area contributed by atoms with E-state index in [1.165, 1.54) is 4.90 Å². The molecule has 1 heterocycles. The molecule has 0 spiro atoms. The first-order valence-corrected chi connectivity index (χ1v) is 9.59. The van der Waals surface area contributed by atoms with Crippen LogP contribution in [0.25, 0.3) is 0 Å². The summed E-state index contributed by atoms with van der Waals surface area (Å²) in [6.07, 6.45) is -0.199. The predicted octanol–water partition coefficient (Wildman–Crippen LogP) is 2.16. The van der Waals surface area contributed by atoms with Crippen LogP contribution in [0.5, 0.6) is 5.75 Å². The number of hydrogen-bond acceptors (Lipinski definition) is 5. The van der Waals surface area contributed by atoms with E-state index in [9.17, 15) is 14.4 Å². The highest BCUT2D eigenvalue weighted by Gasteiger charge is 2.35. The van der Waals surface area contributed by atoms with Crippen LogP contribution in [0.3, 0.4) is 0 Å². The molecule has 0 bridgehead atoms. The fraction of sp³-hybridized carbons (Fsp3) is 0.318. The van der Waals surface area contributed by atoms with E-state index in [0.717, 1.165) is 5.56 Å². The van der Waals surface area contributed by atoms with Crippen LogP contribution in [0.4, 0.5) is 0 Å². The number of amides is 2. The molecule has 1 saturated heterocycles. The molecule has 1 atom stereocenters. The molecule has 0 saturated carbocycles. The van der Waals surface area contributed by atoms with Crippen molar-refractivity contribution in [1.29, 1.82) is 0 Å². The maximum Gasteiger partial charge on any atom is 0.308 e. The highest BCUT2D eigenvalue weighted by molar-refractivity contribution is 5.99.